The Morgan fingerprint density at radius 1 is 1.17 bits per heavy atom. The highest BCUT2D eigenvalue weighted by atomic mass is 32.2. The number of fused-ring (bicyclic) bond motifs is 1. The molecule has 156 valence electrons. The van der Waals surface area contributed by atoms with Crippen molar-refractivity contribution in [2.24, 2.45) is 0 Å². The van der Waals surface area contributed by atoms with Crippen molar-refractivity contribution in [1.82, 2.24) is 10.0 Å². The highest BCUT2D eigenvalue weighted by molar-refractivity contribution is 7.99. The minimum absolute atomic E-state index is 0.0350. The number of sulfonamides is 1. The first-order chi connectivity index (χ1) is 14.4. The average Bonchev–Trinajstić information content (AvgIpc) is 3.27. The average molecular weight is 447 g/mol. The number of carbonyl (C=O) groups is 1. The minimum Gasteiger partial charge on any atom is -0.468 e. The first-order valence-electron chi connectivity index (χ1n) is 9.27. The molecule has 0 saturated carbocycles. The van der Waals surface area contributed by atoms with Crippen molar-refractivity contribution in [3.8, 4) is 0 Å². The molecule has 1 aliphatic rings. The summed E-state index contributed by atoms with van der Waals surface area (Å²) in [5, 5.41) is 2.92. The van der Waals surface area contributed by atoms with Crippen LogP contribution in [0.15, 0.2) is 75.1 Å². The zero-order valence-electron chi connectivity index (χ0n) is 15.8. The lowest BCUT2D eigenvalue weighted by molar-refractivity contribution is 0.0934. The van der Waals surface area contributed by atoms with Crippen molar-refractivity contribution in [1.29, 1.82) is 0 Å². The second kappa shape index (κ2) is 8.63. The van der Waals surface area contributed by atoms with Gasteiger partial charge in [0, 0.05) is 16.2 Å². The number of amides is 1. The molecule has 9 heteroatoms. The Kier molecular flexibility index (Phi) is 5.94. The fourth-order valence-electron chi connectivity index (χ4n) is 3.20. The maximum Gasteiger partial charge on any atom is 0.251 e. The molecule has 1 amide bonds. The number of rotatable bonds is 6. The first-order valence-corrected chi connectivity index (χ1v) is 11.7. The Balaban J connectivity index is 1.44. The van der Waals surface area contributed by atoms with Crippen LogP contribution in [-0.2, 0) is 16.6 Å². The van der Waals surface area contributed by atoms with Crippen molar-refractivity contribution in [2.45, 2.75) is 28.8 Å². The third kappa shape index (κ3) is 4.58. The highest BCUT2D eigenvalue weighted by Crippen LogP contribution is 2.36. The van der Waals surface area contributed by atoms with Crippen LogP contribution in [0.4, 0.5) is 4.39 Å². The predicted molar refractivity (Wildman–Crippen MR) is 111 cm³/mol. The molecule has 0 spiro atoms. The predicted octanol–water partition coefficient (Wildman–Crippen LogP) is 3.86. The molecule has 2 heterocycles. The van der Waals surface area contributed by atoms with E-state index in [0.29, 0.717) is 17.7 Å². The van der Waals surface area contributed by atoms with Gasteiger partial charge in [-0.1, -0.05) is 0 Å². The maximum absolute atomic E-state index is 13.6. The van der Waals surface area contributed by atoms with E-state index in [9.17, 15) is 17.6 Å². The van der Waals surface area contributed by atoms with Gasteiger partial charge in [0.2, 0.25) is 10.0 Å². The first kappa shape index (κ1) is 20.6. The number of hydrogen-bond donors (Lipinski definition) is 2. The summed E-state index contributed by atoms with van der Waals surface area (Å²) in [5.41, 5.74) is 1.09. The highest BCUT2D eigenvalue weighted by Gasteiger charge is 2.24. The molecule has 2 N–H and O–H groups in total. The molecule has 1 aliphatic heterocycles. The van der Waals surface area contributed by atoms with Gasteiger partial charge in [-0.2, -0.15) is 0 Å². The summed E-state index contributed by atoms with van der Waals surface area (Å²) in [6.45, 7) is 0.0350. The van der Waals surface area contributed by atoms with E-state index in [-0.39, 0.29) is 29.2 Å². The second-order valence-corrected chi connectivity index (χ2v) is 9.68. The van der Waals surface area contributed by atoms with Crippen molar-refractivity contribution in [3.63, 3.8) is 0 Å². The Hall–Kier alpha value is -2.62. The third-order valence-corrected chi connectivity index (χ3v) is 7.30. The van der Waals surface area contributed by atoms with E-state index in [1.807, 2.05) is 0 Å². The monoisotopic (exact) mass is 446 g/mol. The van der Waals surface area contributed by atoms with Crippen LogP contribution in [0.25, 0.3) is 0 Å². The summed E-state index contributed by atoms with van der Waals surface area (Å²) < 4.78 is 46.0. The van der Waals surface area contributed by atoms with Gasteiger partial charge in [0.15, 0.2) is 0 Å². The Labute approximate surface area is 177 Å². The van der Waals surface area contributed by atoms with Gasteiger partial charge in [0.25, 0.3) is 5.91 Å². The number of nitrogens with one attached hydrogen (secondary N) is 2. The number of carbonyl (C=O) groups excluding carboxylic acids is 1. The normalized spacial score (nSPS) is 16.1. The van der Waals surface area contributed by atoms with Gasteiger partial charge >= 0.3 is 0 Å². The van der Waals surface area contributed by atoms with Gasteiger partial charge in [-0.25, -0.2) is 17.5 Å². The number of furan rings is 1. The zero-order chi connectivity index (χ0) is 21.1. The van der Waals surface area contributed by atoms with Gasteiger partial charge in [0.1, 0.15) is 11.6 Å². The summed E-state index contributed by atoms with van der Waals surface area (Å²) in [7, 11) is -3.74. The van der Waals surface area contributed by atoms with E-state index >= 15 is 0 Å². The zero-order valence-corrected chi connectivity index (χ0v) is 17.4. The maximum atomic E-state index is 13.6. The lowest BCUT2D eigenvalue weighted by Gasteiger charge is -2.26. The number of hydrogen-bond acceptors (Lipinski definition) is 5. The van der Waals surface area contributed by atoms with Gasteiger partial charge in [-0.15, -0.1) is 11.8 Å². The van der Waals surface area contributed by atoms with E-state index in [0.717, 1.165) is 16.2 Å². The third-order valence-electron chi connectivity index (χ3n) is 4.76. The van der Waals surface area contributed by atoms with Crippen molar-refractivity contribution in [3.05, 3.63) is 83.6 Å². The van der Waals surface area contributed by atoms with E-state index < -0.39 is 10.0 Å². The molecule has 2 aromatic carbocycles. The fraction of sp³-hybridized carbons (Fsp3) is 0.190. The van der Waals surface area contributed by atoms with Crippen LogP contribution in [-0.4, -0.2) is 20.1 Å². The molecule has 30 heavy (non-hydrogen) atoms. The molecule has 0 saturated heterocycles. The SMILES string of the molecule is O=C(N[C@H]1CCSc2ccc(F)cc21)c1ccc(S(=O)(=O)NCc2ccco2)cc1. The van der Waals surface area contributed by atoms with Crippen LogP contribution in [0.1, 0.15) is 34.1 Å². The summed E-state index contributed by atoms with van der Waals surface area (Å²) in [6.07, 6.45) is 2.16. The molecule has 4 rings (SSSR count). The fourth-order valence-corrected chi connectivity index (χ4v) is 5.30. The molecule has 3 aromatic rings. The molecule has 0 aliphatic carbocycles. The molecule has 0 bridgehead atoms. The van der Waals surface area contributed by atoms with Crippen LogP contribution in [0.3, 0.4) is 0 Å². The smallest absolute Gasteiger partial charge is 0.251 e. The molecular formula is C21H19FN2O4S2. The molecule has 0 radical (unpaired) electrons. The minimum atomic E-state index is -3.74. The van der Waals surface area contributed by atoms with E-state index in [2.05, 4.69) is 10.0 Å². The van der Waals surface area contributed by atoms with E-state index in [1.165, 1.54) is 42.7 Å². The van der Waals surface area contributed by atoms with Crippen molar-refractivity contribution < 1.29 is 22.0 Å². The number of halogens is 1. The van der Waals surface area contributed by atoms with Crippen LogP contribution in [0.2, 0.25) is 0 Å². The van der Waals surface area contributed by atoms with E-state index in [1.54, 1.807) is 30.0 Å². The lowest BCUT2D eigenvalue weighted by atomic mass is 10.0. The van der Waals surface area contributed by atoms with Crippen LogP contribution < -0.4 is 10.0 Å². The molecule has 0 fully saturated rings. The van der Waals surface area contributed by atoms with Gasteiger partial charge in [-0.05, 0) is 66.6 Å². The Morgan fingerprint density at radius 3 is 2.70 bits per heavy atom. The van der Waals surface area contributed by atoms with Crippen LogP contribution >= 0.6 is 11.8 Å². The molecule has 1 atom stereocenters. The summed E-state index contributed by atoms with van der Waals surface area (Å²) in [6, 6.07) is 13.3. The molecule has 1 aromatic heterocycles. The van der Waals surface area contributed by atoms with Crippen LogP contribution in [0, 0.1) is 5.82 Å². The van der Waals surface area contributed by atoms with Gasteiger partial charge in [-0.3, -0.25) is 4.79 Å². The Morgan fingerprint density at radius 2 is 1.97 bits per heavy atom. The molecule has 6 nitrogen and oxygen atoms in total. The summed E-state index contributed by atoms with van der Waals surface area (Å²) in [4.78, 5) is 13.7. The van der Waals surface area contributed by atoms with Gasteiger partial charge < -0.3 is 9.73 Å². The van der Waals surface area contributed by atoms with Crippen molar-refractivity contribution >= 4 is 27.7 Å². The molecular weight excluding hydrogens is 427 g/mol. The van der Waals surface area contributed by atoms with E-state index in [4.69, 9.17) is 4.42 Å². The van der Waals surface area contributed by atoms with Crippen molar-refractivity contribution in [2.75, 3.05) is 5.75 Å². The van der Waals surface area contributed by atoms with Gasteiger partial charge in [0.05, 0.1) is 23.7 Å². The van der Waals surface area contributed by atoms with Crippen LogP contribution in [0.5, 0.6) is 0 Å². The largest absolute Gasteiger partial charge is 0.468 e. The quantitative estimate of drug-likeness (QED) is 0.600. The summed E-state index contributed by atoms with van der Waals surface area (Å²) in [5.74, 6) is 0.640. The Bertz CT molecular complexity index is 1150. The second-order valence-electron chi connectivity index (χ2n) is 6.77. The lowest BCUT2D eigenvalue weighted by Crippen LogP contribution is -2.30. The number of thioether (sulfide) groups is 1. The topological polar surface area (TPSA) is 88.4 Å². The molecule has 0 unspecified atom stereocenters. The standard InChI is InChI=1S/C21H19FN2O4S2/c22-15-5-8-20-18(12-15)19(9-11-29-20)24-21(25)14-3-6-17(7-4-14)30(26,27)23-13-16-2-1-10-28-16/h1-8,10,12,19,23H,9,11,13H2,(H,24,25)/t19-/m0/s1. The summed E-state index contributed by atoms with van der Waals surface area (Å²) >= 11 is 1.63. The number of benzene rings is 2.